The van der Waals surface area contributed by atoms with Crippen molar-refractivity contribution >= 4 is 5.91 Å². The SMILES string of the molecule is CC1(C)Cc2cccc(OCC(=O)NCCCCN3CCN(Cc4ccccc4)CC3)c2O1. The molecule has 178 valence electrons. The normalized spacial score (nSPS) is 17.9. The second-order valence-corrected chi connectivity index (χ2v) is 9.73. The van der Waals surface area contributed by atoms with Gasteiger partial charge in [0.1, 0.15) is 5.60 Å². The lowest BCUT2D eigenvalue weighted by Gasteiger charge is -2.34. The second-order valence-electron chi connectivity index (χ2n) is 9.73. The number of hydrogen-bond donors (Lipinski definition) is 1. The predicted octanol–water partition coefficient (Wildman–Crippen LogP) is 3.49. The first-order valence-corrected chi connectivity index (χ1v) is 12.2. The topological polar surface area (TPSA) is 54.0 Å². The fourth-order valence-electron chi connectivity index (χ4n) is 4.60. The van der Waals surface area contributed by atoms with E-state index < -0.39 is 0 Å². The van der Waals surface area contributed by atoms with Crippen LogP contribution in [0.15, 0.2) is 48.5 Å². The first kappa shape index (κ1) is 23.6. The van der Waals surface area contributed by atoms with Crippen LogP contribution in [0.5, 0.6) is 11.5 Å². The van der Waals surface area contributed by atoms with Gasteiger partial charge in [0.05, 0.1) is 0 Å². The van der Waals surface area contributed by atoms with Crippen LogP contribution in [0, 0.1) is 0 Å². The van der Waals surface area contributed by atoms with E-state index in [9.17, 15) is 4.79 Å². The molecule has 1 fully saturated rings. The van der Waals surface area contributed by atoms with Crippen LogP contribution in [-0.2, 0) is 17.8 Å². The molecule has 6 heteroatoms. The van der Waals surface area contributed by atoms with Crippen molar-refractivity contribution in [3.05, 3.63) is 59.7 Å². The third kappa shape index (κ3) is 6.95. The molecule has 0 unspecified atom stereocenters. The molecule has 1 amide bonds. The van der Waals surface area contributed by atoms with Crippen LogP contribution in [0.2, 0.25) is 0 Å². The van der Waals surface area contributed by atoms with Gasteiger partial charge in [-0.1, -0.05) is 42.5 Å². The molecule has 0 aromatic heterocycles. The minimum Gasteiger partial charge on any atom is -0.483 e. The summed E-state index contributed by atoms with van der Waals surface area (Å²) >= 11 is 0. The fraction of sp³-hybridized carbons (Fsp3) is 0.519. The van der Waals surface area contributed by atoms with Crippen molar-refractivity contribution in [2.75, 3.05) is 45.9 Å². The molecule has 0 atom stereocenters. The Morgan fingerprint density at radius 1 is 1.00 bits per heavy atom. The maximum atomic E-state index is 12.2. The first-order valence-electron chi connectivity index (χ1n) is 12.2. The lowest BCUT2D eigenvalue weighted by Crippen LogP contribution is -2.46. The lowest BCUT2D eigenvalue weighted by molar-refractivity contribution is -0.123. The molecule has 1 N–H and O–H groups in total. The van der Waals surface area contributed by atoms with E-state index in [1.165, 1.54) is 5.56 Å². The van der Waals surface area contributed by atoms with Crippen molar-refractivity contribution in [2.24, 2.45) is 0 Å². The largest absolute Gasteiger partial charge is 0.483 e. The Bertz CT molecular complexity index is 908. The number of amides is 1. The molecule has 2 aliphatic heterocycles. The summed E-state index contributed by atoms with van der Waals surface area (Å²) in [6.45, 7) is 11.4. The van der Waals surface area contributed by atoms with E-state index in [2.05, 4.69) is 65.4 Å². The number of para-hydroxylation sites is 1. The molecule has 0 aliphatic carbocycles. The number of hydrogen-bond acceptors (Lipinski definition) is 5. The minimum absolute atomic E-state index is 0.0175. The van der Waals surface area contributed by atoms with Gasteiger partial charge in [-0.15, -0.1) is 0 Å². The summed E-state index contributed by atoms with van der Waals surface area (Å²) in [6.07, 6.45) is 2.93. The number of ether oxygens (including phenoxy) is 2. The van der Waals surface area contributed by atoms with Gasteiger partial charge in [0.15, 0.2) is 18.1 Å². The summed E-state index contributed by atoms with van der Waals surface area (Å²) in [5.74, 6) is 1.35. The van der Waals surface area contributed by atoms with Crippen LogP contribution in [0.1, 0.15) is 37.8 Å². The zero-order valence-corrected chi connectivity index (χ0v) is 20.0. The van der Waals surface area contributed by atoms with E-state index in [4.69, 9.17) is 9.47 Å². The number of rotatable bonds is 10. The zero-order chi connectivity index (χ0) is 23.1. The first-order chi connectivity index (χ1) is 16.0. The van der Waals surface area contributed by atoms with Crippen molar-refractivity contribution in [1.82, 2.24) is 15.1 Å². The fourth-order valence-corrected chi connectivity index (χ4v) is 4.60. The van der Waals surface area contributed by atoms with Crippen molar-refractivity contribution in [3.8, 4) is 11.5 Å². The number of unbranched alkanes of at least 4 members (excludes halogenated alkanes) is 1. The summed E-state index contributed by atoms with van der Waals surface area (Å²) in [7, 11) is 0. The Balaban J connectivity index is 1.07. The van der Waals surface area contributed by atoms with Gasteiger partial charge in [0.25, 0.3) is 5.91 Å². The monoisotopic (exact) mass is 451 g/mol. The summed E-state index contributed by atoms with van der Waals surface area (Å²) < 4.78 is 11.8. The van der Waals surface area contributed by atoms with Gasteiger partial charge in [-0.2, -0.15) is 0 Å². The minimum atomic E-state index is -0.224. The number of carbonyl (C=O) groups is 1. The summed E-state index contributed by atoms with van der Waals surface area (Å²) in [5.41, 5.74) is 2.30. The number of piperazine rings is 1. The molecule has 33 heavy (non-hydrogen) atoms. The van der Waals surface area contributed by atoms with Crippen molar-refractivity contribution in [1.29, 1.82) is 0 Å². The maximum absolute atomic E-state index is 12.2. The smallest absolute Gasteiger partial charge is 0.257 e. The Morgan fingerprint density at radius 2 is 1.76 bits per heavy atom. The number of nitrogens with one attached hydrogen (secondary N) is 1. The van der Waals surface area contributed by atoms with Crippen molar-refractivity contribution < 1.29 is 14.3 Å². The maximum Gasteiger partial charge on any atom is 0.257 e. The van der Waals surface area contributed by atoms with E-state index in [1.54, 1.807) is 0 Å². The van der Waals surface area contributed by atoms with Crippen LogP contribution in [0.4, 0.5) is 0 Å². The standard InChI is InChI=1S/C27H37N3O3/c1-27(2)19-23-11-8-12-24(26(23)33-27)32-21-25(31)28-13-6-7-14-29-15-17-30(18-16-29)20-22-9-4-3-5-10-22/h3-5,8-12H,6-7,13-21H2,1-2H3,(H,28,31). The molecule has 6 nitrogen and oxygen atoms in total. The molecule has 2 aromatic rings. The Kier molecular flexibility index (Phi) is 7.89. The Hall–Kier alpha value is -2.57. The van der Waals surface area contributed by atoms with Gasteiger partial charge >= 0.3 is 0 Å². The molecular weight excluding hydrogens is 414 g/mol. The molecule has 4 rings (SSSR count). The summed E-state index contributed by atoms with van der Waals surface area (Å²) in [6, 6.07) is 16.6. The van der Waals surface area contributed by atoms with Gasteiger partial charge in [-0.3, -0.25) is 9.69 Å². The van der Waals surface area contributed by atoms with Crippen LogP contribution in [0.3, 0.4) is 0 Å². The molecule has 0 spiro atoms. The van der Waals surface area contributed by atoms with Crippen molar-refractivity contribution in [2.45, 2.75) is 45.3 Å². The Labute approximate surface area is 197 Å². The number of nitrogens with zero attached hydrogens (tertiary/aromatic N) is 2. The lowest BCUT2D eigenvalue weighted by atomic mass is 10.0. The highest BCUT2D eigenvalue weighted by Crippen LogP contribution is 2.41. The summed E-state index contributed by atoms with van der Waals surface area (Å²) in [4.78, 5) is 17.3. The van der Waals surface area contributed by atoms with Gasteiger partial charge in [-0.25, -0.2) is 0 Å². The van der Waals surface area contributed by atoms with Crippen LogP contribution in [-0.4, -0.2) is 67.2 Å². The average molecular weight is 452 g/mol. The van der Waals surface area contributed by atoms with Crippen molar-refractivity contribution in [3.63, 3.8) is 0 Å². The van der Waals surface area contributed by atoms with Crippen LogP contribution in [0.25, 0.3) is 0 Å². The molecule has 1 saturated heterocycles. The quantitative estimate of drug-likeness (QED) is 0.561. The van der Waals surface area contributed by atoms with E-state index in [0.717, 1.165) is 69.8 Å². The van der Waals surface area contributed by atoms with Gasteiger partial charge in [0.2, 0.25) is 0 Å². The molecule has 2 aliphatic rings. The van der Waals surface area contributed by atoms with E-state index in [0.29, 0.717) is 12.3 Å². The number of carbonyl (C=O) groups excluding carboxylic acids is 1. The van der Waals surface area contributed by atoms with E-state index in [1.807, 2.05) is 12.1 Å². The van der Waals surface area contributed by atoms with Crippen LogP contribution >= 0.6 is 0 Å². The van der Waals surface area contributed by atoms with E-state index in [-0.39, 0.29) is 18.1 Å². The molecule has 2 heterocycles. The third-order valence-electron chi connectivity index (χ3n) is 6.35. The highest BCUT2D eigenvalue weighted by molar-refractivity contribution is 5.77. The third-order valence-corrected chi connectivity index (χ3v) is 6.35. The predicted molar refractivity (Wildman–Crippen MR) is 131 cm³/mol. The van der Waals surface area contributed by atoms with Gasteiger partial charge < -0.3 is 19.7 Å². The van der Waals surface area contributed by atoms with E-state index >= 15 is 0 Å². The highest BCUT2D eigenvalue weighted by atomic mass is 16.5. The molecular formula is C27H37N3O3. The number of fused-ring (bicyclic) bond motifs is 1. The second kappa shape index (κ2) is 11.0. The molecule has 0 bridgehead atoms. The summed E-state index contributed by atoms with van der Waals surface area (Å²) in [5, 5.41) is 2.98. The average Bonchev–Trinajstić information content (AvgIpc) is 3.13. The van der Waals surface area contributed by atoms with Gasteiger partial charge in [0, 0.05) is 51.3 Å². The number of benzene rings is 2. The Morgan fingerprint density at radius 3 is 2.55 bits per heavy atom. The van der Waals surface area contributed by atoms with Crippen LogP contribution < -0.4 is 14.8 Å². The molecule has 0 radical (unpaired) electrons. The molecule has 2 aromatic carbocycles. The molecule has 0 saturated carbocycles. The zero-order valence-electron chi connectivity index (χ0n) is 20.0. The van der Waals surface area contributed by atoms with Gasteiger partial charge in [-0.05, 0) is 44.9 Å². The highest BCUT2D eigenvalue weighted by Gasteiger charge is 2.32.